The minimum atomic E-state index is -0.157. The highest BCUT2D eigenvalue weighted by molar-refractivity contribution is 5.30. The van der Waals surface area contributed by atoms with Crippen molar-refractivity contribution in [2.75, 3.05) is 0 Å². The first-order valence-corrected chi connectivity index (χ1v) is 6.21. The molecule has 1 aliphatic carbocycles. The molecule has 94 valence electrons. The molecule has 17 heavy (non-hydrogen) atoms. The van der Waals surface area contributed by atoms with E-state index in [9.17, 15) is 4.39 Å². The van der Waals surface area contributed by atoms with Gasteiger partial charge in [0.1, 0.15) is 5.82 Å². The molecular weight excluding hydrogens is 213 g/mol. The quantitative estimate of drug-likeness (QED) is 0.828. The highest BCUT2D eigenvalue weighted by Crippen LogP contribution is 2.71. The molecule has 1 aromatic rings. The maximum absolute atomic E-state index is 13.2. The fraction of sp³-hybridized carbons (Fsp3) is 0.600. The molecule has 2 rings (SSSR count). The van der Waals surface area contributed by atoms with Crippen LogP contribution in [0.15, 0.2) is 18.2 Å². The number of hydrogen-bond acceptors (Lipinski definition) is 1. The second-order valence-corrected chi connectivity index (χ2v) is 6.46. The summed E-state index contributed by atoms with van der Waals surface area (Å²) in [4.78, 5) is 0. The lowest BCUT2D eigenvalue weighted by Crippen LogP contribution is -2.16. The second kappa shape index (κ2) is 3.55. The zero-order chi connectivity index (χ0) is 13.0. The van der Waals surface area contributed by atoms with Crippen molar-refractivity contribution in [3.63, 3.8) is 0 Å². The normalized spacial score (nSPS) is 23.5. The van der Waals surface area contributed by atoms with Crippen LogP contribution in [0.1, 0.15) is 44.9 Å². The topological polar surface area (TPSA) is 26.0 Å². The van der Waals surface area contributed by atoms with Gasteiger partial charge in [-0.25, -0.2) is 4.39 Å². The number of aryl methyl sites for hydroxylation is 1. The van der Waals surface area contributed by atoms with E-state index in [2.05, 4.69) is 27.7 Å². The van der Waals surface area contributed by atoms with E-state index in [0.717, 1.165) is 5.56 Å². The van der Waals surface area contributed by atoms with Gasteiger partial charge in [0.15, 0.2) is 0 Å². The molecule has 1 aliphatic rings. The Morgan fingerprint density at radius 2 is 1.71 bits per heavy atom. The minimum Gasteiger partial charge on any atom is -0.324 e. The van der Waals surface area contributed by atoms with E-state index in [4.69, 9.17) is 5.73 Å². The van der Waals surface area contributed by atoms with Crippen LogP contribution in [0.3, 0.4) is 0 Å². The standard InChI is InChI=1S/C15H22FN/c1-9-8-10(6-7-11(9)16)12(17)13-14(2,3)15(13,4)5/h6-8,12-13H,17H2,1-5H3. The van der Waals surface area contributed by atoms with Gasteiger partial charge in [0.2, 0.25) is 0 Å². The fourth-order valence-electron chi connectivity index (χ4n) is 3.21. The molecule has 2 N–H and O–H groups in total. The van der Waals surface area contributed by atoms with E-state index in [-0.39, 0.29) is 22.7 Å². The summed E-state index contributed by atoms with van der Waals surface area (Å²) in [6.07, 6.45) is 0. The molecule has 0 saturated heterocycles. The molecule has 1 saturated carbocycles. The van der Waals surface area contributed by atoms with Gasteiger partial charge in [-0.1, -0.05) is 39.8 Å². The third-order valence-corrected chi connectivity index (χ3v) is 5.06. The van der Waals surface area contributed by atoms with Crippen molar-refractivity contribution in [2.45, 2.75) is 40.7 Å². The van der Waals surface area contributed by atoms with Gasteiger partial charge in [-0.2, -0.15) is 0 Å². The molecule has 1 unspecified atom stereocenters. The van der Waals surface area contributed by atoms with E-state index >= 15 is 0 Å². The molecule has 0 aromatic heterocycles. The number of nitrogens with two attached hydrogens (primary N) is 1. The summed E-state index contributed by atoms with van der Waals surface area (Å²) in [5.74, 6) is 0.301. The van der Waals surface area contributed by atoms with Gasteiger partial charge in [-0.15, -0.1) is 0 Å². The molecule has 1 aromatic carbocycles. The smallest absolute Gasteiger partial charge is 0.126 e. The van der Waals surface area contributed by atoms with E-state index in [0.29, 0.717) is 11.5 Å². The minimum absolute atomic E-state index is 0.000648. The highest BCUT2D eigenvalue weighted by Gasteiger charge is 2.66. The molecule has 0 heterocycles. The molecule has 0 amide bonds. The van der Waals surface area contributed by atoms with Crippen molar-refractivity contribution in [3.05, 3.63) is 35.1 Å². The summed E-state index contributed by atoms with van der Waals surface area (Å²) in [6, 6.07) is 5.22. The van der Waals surface area contributed by atoms with Gasteiger partial charge in [-0.3, -0.25) is 0 Å². The van der Waals surface area contributed by atoms with Crippen molar-refractivity contribution in [3.8, 4) is 0 Å². The van der Waals surface area contributed by atoms with Crippen LogP contribution in [0.25, 0.3) is 0 Å². The van der Waals surface area contributed by atoms with Crippen molar-refractivity contribution in [1.82, 2.24) is 0 Å². The van der Waals surface area contributed by atoms with Crippen LogP contribution in [0.5, 0.6) is 0 Å². The highest BCUT2D eigenvalue weighted by atomic mass is 19.1. The van der Waals surface area contributed by atoms with Crippen molar-refractivity contribution in [1.29, 1.82) is 0 Å². The SMILES string of the molecule is Cc1cc(C(N)C2C(C)(C)C2(C)C)ccc1F. The lowest BCUT2D eigenvalue weighted by atomic mass is 9.96. The van der Waals surface area contributed by atoms with Crippen molar-refractivity contribution < 1.29 is 4.39 Å². The molecule has 1 nitrogen and oxygen atoms in total. The third-order valence-electron chi connectivity index (χ3n) is 5.06. The van der Waals surface area contributed by atoms with Crippen LogP contribution in [0, 0.1) is 29.5 Å². The Labute approximate surface area is 103 Å². The average molecular weight is 235 g/mol. The van der Waals surface area contributed by atoms with Crippen LogP contribution in [0.4, 0.5) is 4.39 Å². The monoisotopic (exact) mass is 235 g/mol. The average Bonchev–Trinajstić information content (AvgIpc) is 2.61. The summed E-state index contributed by atoms with van der Waals surface area (Å²) in [5, 5.41) is 0. The molecular formula is C15H22FN. The van der Waals surface area contributed by atoms with Gasteiger partial charge >= 0.3 is 0 Å². The summed E-state index contributed by atoms with van der Waals surface area (Å²) in [7, 11) is 0. The first-order chi connectivity index (χ1) is 7.69. The predicted molar refractivity (Wildman–Crippen MR) is 69.1 cm³/mol. The maximum Gasteiger partial charge on any atom is 0.126 e. The Morgan fingerprint density at radius 3 is 2.12 bits per heavy atom. The van der Waals surface area contributed by atoms with Gasteiger partial charge < -0.3 is 5.73 Å². The van der Waals surface area contributed by atoms with E-state index in [1.165, 1.54) is 6.07 Å². The van der Waals surface area contributed by atoms with E-state index in [1.54, 1.807) is 6.92 Å². The Hall–Kier alpha value is -0.890. The third kappa shape index (κ3) is 1.70. The number of rotatable bonds is 2. The second-order valence-electron chi connectivity index (χ2n) is 6.46. The van der Waals surface area contributed by atoms with Crippen LogP contribution in [-0.2, 0) is 0 Å². The molecule has 0 bridgehead atoms. The largest absolute Gasteiger partial charge is 0.324 e. The summed E-state index contributed by atoms with van der Waals surface area (Å²) < 4.78 is 13.2. The van der Waals surface area contributed by atoms with Gasteiger partial charge in [0, 0.05) is 6.04 Å². The zero-order valence-electron chi connectivity index (χ0n) is 11.3. The van der Waals surface area contributed by atoms with Gasteiger partial charge in [0.25, 0.3) is 0 Å². The number of benzene rings is 1. The Balaban J connectivity index is 2.28. The maximum atomic E-state index is 13.2. The number of hydrogen-bond donors (Lipinski definition) is 1. The molecule has 1 fully saturated rings. The van der Waals surface area contributed by atoms with Crippen LogP contribution < -0.4 is 5.73 Å². The Bertz CT molecular complexity index is 434. The van der Waals surface area contributed by atoms with E-state index < -0.39 is 0 Å². The first kappa shape index (κ1) is 12.6. The molecule has 0 aliphatic heterocycles. The lowest BCUT2D eigenvalue weighted by molar-refractivity contribution is 0.457. The van der Waals surface area contributed by atoms with Crippen molar-refractivity contribution >= 4 is 0 Å². The van der Waals surface area contributed by atoms with E-state index in [1.807, 2.05) is 12.1 Å². The summed E-state index contributed by atoms with van der Waals surface area (Å²) >= 11 is 0. The molecule has 0 spiro atoms. The Morgan fingerprint density at radius 1 is 1.18 bits per heavy atom. The number of halogens is 1. The van der Waals surface area contributed by atoms with Crippen LogP contribution in [-0.4, -0.2) is 0 Å². The summed E-state index contributed by atoms with van der Waals surface area (Å²) in [6.45, 7) is 10.8. The lowest BCUT2D eigenvalue weighted by Gasteiger charge is -2.15. The van der Waals surface area contributed by atoms with Crippen LogP contribution in [0.2, 0.25) is 0 Å². The first-order valence-electron chi connectivity index (χ1n) is 6.21. The van der Waals surface area contributed by atoms with Gasteiger partial charge in [0.05, 0.1) is 0 Å². The van der Waals surface area contributed by atoms with Crippen molar-refractivity contribution in [2.24, 2.45) is 22.5 Å². The zero-order valence-corrected chi connectivity index (χ0v) is 11.3. The molecule has 2 heteroatoms. The predicted octanol–water partition coefficient (Wildman–Crippen LogP) is 3.82. The molecule has 1 atom stereocenters. The van der Waals surface area contributed by atoms with Crippen LogP contribution >= 0.6 is 0 Å². The fourth-order valence-corrected chi connectivity index (χ4v) is 3.21. The summed E-state index contributed by atoms with van der Waals surface area (Å²) in [5.41, 5.74) is 8.59. The molecule has 0 radical (unpaired) electrons. The van der Waals surface area contributed by atoms with Gasteiger partial charge in [-0.05, 0) is 40.9 Å². The Kier molecular flexibility index (Phi) is 2.62.